The molecule has 2 N–H and O–H groups in total. The molecule has 1 fully saturated rings. The number of carboxylic acid groups (broad SMARTS) is 1. The van der Waals surface area contributed by atoms with Crippen molar-refractivity contribution in [2.45, 2.75) is 32.3 Å². The molecule has 11 heavy (non-hydrogen) atoms. The minimum Gasteiger partial charge on any atom is -0.479 e. The van der Waals surface area contributed by atoms with Crippen LogP contribution >= 0.6 is 0 Å². The molecule has 1 aliphatic carbocycles. The van der Waals surface area contributed by atoms with E-state index in [0.717, 1.165) is 6.42 Å². The van der Waals surface area contributed by atoms with Gasteiger partial charge in [0.25, 0.3) is 0 Å². The van der Waals surface area contributed by atoms with E-state index in [0.29, 0.717) is 18.3 Å². The second kappa shape index (κ2) is 2.48. The average molecular weight is 158 g/mol. The number of aliphatic hydroxyl groups is 1. The first-order valence-corrected chi connectivity index (χ1v) is 3.89. The van der Waals surface area contributed by atoms with Gasteiger partial charge in [-0.25, -0.2) is 4.79 Å². The highest BCUT2D eigenvalue weighted by atomic mass is 16.4. The Kier molecular flexibility index (Phi) is 1.92. The molecule has 0 amide bonds. The van der Waals surface area contributed by atoms with Crippen LogP contribution in [0.4, 0.5) is 0 Å². The minimum absolute atomic E-state index is 0.392. The molecule has 0 aromatic carbocycles. The van der Waals surface area contributed by atoms with Gasteiger partial charge in [-0.05, 0) is 31.6 Å². The molecule has 0 aromatic heterocycles. The van der Waals surface area contributed by atoms with Crippen molar-refractivity contribution in [1.82, 2.24) is 0 Å². The lowest BCUT2D eigenvalue weighted by molar-refractivity contribution is -0.157. The van der Waals surface area contributed by atoms with Crippen LogP contribution in [0, 0.1) is 11.8 Å². The highest BCUT2D eigenvalue weighted by Crippen LogP contribution is 2.43. The normalized spacial score (nSPS) is 34.5. The summed E-state index contributed by atoms with van der Waals surface area (Å²) in [5.74, 6) is -0.0986. The molecular formula is C8H14O3. The van der Waals surface area contributed by atoms with Crippen LogP contribution < -0.4 is 0 Å². The monoisotopic (exact) mass is 158 g/mol. The van der Waals surface area contributed by atoms with Crippen LogP contribution in [0.15, 0.2) is 0 Å². The van der Waals surface area contributed by atoms with Crippen LogP contribution in [-0.2, 0) is 4.79 Å². The lowest BCUT2D eigenvalue weighted by Crippen LogP contribution is -2.35. The van der Waals surface area contributed by atoms with Crippen molar-refractivity contribution in [2.24, 2.45) is 11.8 Å². The number of hydrogen-bond acceptors (Lipinski definition) is 2. The fourth-order valence-electron chi connectivity index (χ4n) is 1.28. The Hall–Kier alpha value is -0.570. The van der Waals surface area contributed by atoms with Crippen molar-refractivity contribution in [1.29, 1.82) is 0 Å². The Labute approximate surface area is 66.0 Å². The molecule has 1 saturated carbocycles. The second-order valence-corrected chi connectivity index (χ2v) is 3.76. The molecule has 0 heterocycles. The first kappa shape index (κ1) is 8.53. The maximum atomic E-state index is 10.4. The Morgan fingerprint density at radius 3 is 2.45 bits per heavy atom. The minimum atomic E-state index is -1.52. The first-order valence-electron chi connectivity index (χ1n) is 3.89. The first-order chi connectivity index (χ1) is 4.93. The van der Waals surface area contributed by atoms with Gasteiger partial charge in [-0.3, -0.25) is 0 Å². The molecule has 0 aromatic rings. The summed E-state index contributed by atoms with van der Waals surface area (Å²) in [7, 11) is 0. The van der Waals surface area contributed by atoms with E-state index < -0.39 is 11.6 Å². The van der Waals surface area contributed by atoms with Crippen LogP contribution in [0.3, 0.4) is 0 Å². The van der Waals surface area contributed by atoms with E-state index in [9.17, 15) is 9.90 Å². The van der Waals surface area contributed by atoms with Crippen molar-refractivity contribution in [3.05, 3.63) is 0 Å². The molecule has 3 nitrogen and oxygen atoms in total. The number of hydrogen-bond donors (Lipinski definition) is 2. The Bertz CT molecular complexity index is 174. The fraction of sp³-hybridized carbons (Fsp3) is 0.875. The van der Waals surface area contributed by atoms with Crippen LogP contribution in [-0.4, -0.2) is 21.8 Å². The summed E-state index contributed by atoms with van der Waals surface area (Å²) in [6, 6.07) is 0. The third-order valence-corrected chi connectivity index (χ3v) is 2.40. The number of rotatable bonds is 3. The predicted molar refractivity (Wildman–Crippen MR) is 40.1 cm³/mol. The van der Waals surface area contributed by atoms with Crippen LogP contribution in [0.1, 0.15) is 26.7 Å². The topological polar surface area (TPSA) is 57.5 Å². The largest absolute Gasteiger partial charge is 0.479 e. The molecule has 0 bridgehead atoms. The van der Waals surface area contributed by atoms with Gasteiger partial charge in [0.1, 0.15) is 0 Å². The average Bonchev–Trinajstić information content (AvgIpc) is 2.45. The van der Waals surface area contributed by atoms with Crippen LogP contribution in [0.2, 0.25) is 0 Å². The predicted octanol–water partition coefficient (Wildman–Crippen LogP) is 0.868. The molecule has 1 aliphatic rings. The number of carboxylic acids is 1. The summed E-state index contributed by atoms with van der Waals surface area (Å²) in [5, 5.41) is 17.9. The summed E-state index contributed by atoms with van der Waals surface area (Å²) in [4.78, 5) is 10.4. The number of aliphatic carboxylic acids is 1. The van der Waals surface area contributed by atoms with Gasteiger partial charge in [-0.15, -0.1) is 0 Å². The zero-order valence-electron chi connectivity index (χ0n) is 6.87. The van der Waals surface area contributed by atoms with Crippen LogP contribution in [0.5, 0.6) is 0 Å². The molecule has 3 heteroatoms. The maximum absolute atomic E-state index is 10.4. The lowest BCUT2D eigenvalue weighted by atomic mass is 9.99. The zero-order chi connectivity index (χ0) is 8.65. The Morgan fingerprint density at radius 2 is 2.18 bits per heavy atom. The highest BCUT2D eigenvalue weighted by Gasteiger charge is 2.41. The van der Waals surface area contributed by atoms with E-state index >= 15 is 0 Å². The molecule has 3 atom stereocenters. The lowest BCUT2D eigenvalue weighted by Gasteiger charge is -2.16. The third kappa shape index (κ3) is 1.93. The zero-order valence-corrected chi connectivity index (χ0v) is 6.87. The van der Waals surface area contributed by atoms with Gasteiger partial charge in [0.05, 0.1) is 0 Å². The van der Waals surface area contributed by atoms with E-state index in [4.69, 9.17) is 5.11 Å². The van der Waals surface area contributed by atoms with Gasteiger partial charge in [0.2, 0.25) is 0 Å². The van der Waals surface area contributed by atoms with Crippen molar-refractivity contribution < 1.29 is 15.0 Å². The van der Waals surface area contributed by atoms with Crippen LogP contribution in [0.25, 0.3) is 0 Å². The fourth-order valence-corrected chi connectivity index (χ4v) is 1.28. The molecule has 0 aliphatic heterocycles. The second-order valence-electron chi connectivity index (χ2n) is 3.76. The Morgan fingerprint density at radius 1 is 1.73 bits per heavy atom. The Balaban J connectivity index is 2.40. The van der Waals surface area contributed by atoms with Gasteiger partial charge in [-0.2, -0.15) is 0 Å². The summed E-state index contributed by atoms with van der Waals surface area (Å²) in [6.45, 7) is 3.43. The molecule has 0 saturated heterocycles. The molecule has 1 rings (SSSR count). The summed E-state index contributed by atoms with van der Waals surface area (Å²) in [5.41, 5.74) is -1.52. The van der Waals surface area contributed by atoms with Crippen molar-refractivity contribution >= 4 is 5.97 Å². The van der Waals surface area contributed by atoms with Gasteiger partial charge in [-0.1, -0.05) is 6.92 Å². The van der Waals surface area contributed by atoms with Gasteiger partial charge >= 0.3 is 5.97 Å². The quantitative estimate of drug-likeness (QED) is 0.640. The standard InChI is InChI=1S/C8H14O3/c1-5-3-6(5)4-8(2,11)7(9)10/h5-6,11H,3-4H2,1-2H3,(H,9,10). The molecular weight excluding hydrogens is 144 g/mol. The van der Waals surface area contributed by atoms with E-state index in [-0.39, 0.29) is 0 Å². The van der Waals surface area contributed by atoms with E-state index in [1.807, 2.05) is 0 Å². The molecule has 3 unspecified atom stereocenters. The summed E-state index contributed by atoms with van der Waals surface area (Å²) in [6.07, 6.45) is 1.45. The van der Waals surface area contributed by atoms with Crippen molar-refractivity contribution in [2.75, 3.05) is 0 Å². The molecule has 0 radical (unpaired) electrons. The third-order valence-electron chi connectivity index (χ3n) is 2.40. The van der Waals surface area contributed by atoms with Gasteiger partial charge < -0.3 is 10.2 Å². The smallest absolute Gasteiger partial charge is 0.335 e. The van der Waals surface area contributed by atoms with E-state index in [1.165, 1.54) is 6.92 Å². The van der Waals surface area contributed by atoms with Crippen molar-refractivity contribution in [3.8, 4) is 0 Å². The summed E-state index contributed by atoms with van der Waals surface area (Å²) >= 11 is 0. The van der Waals surface area contributed by atoms with Gasteiger partial charge in [0.15, 0.2) is 5.60 Å². The van der Waals surface area contributed by atoms with Crippen molar-refractivity contribution in [3.63, 3.8) is 0 Å². The van der Waals surface area contributed by atoms with E-state index in [1.54, 1.807) is 0 Å². The van der Waals surface area contributed by atoms with E-state index in [2.05, 4.69) is 6.92 Å². The SMILES string of the molecule is CC1CC1CC(C)(O)C(=O)O. The van der Waals surface area contributed by atoms with Gasteiger partial charge in [0, 0.05) is 0 Å². The number of carbonyl (C=O) groups is 1. The highest BCUT2D eigenvalue weighted by molar-refractivity contribution is 5.76. The molecule has 64 valence electrons. The summed E-state index contributed by atoms with van der Waals surface area (Å²) < 4.78 is 0. The molecule has 0 spiro atoms. The maximum Gasteiger partial charge on any atom is 0.335 e.